The number of sulfonamides is 1. The summed E-state index contributed by atoms with van der Waals surface area (Å²) in [6, 6.07) is 12.9. The van der Waals surface area contributed by atoms with Crippen molar-refractivity contribution in [1.82, 2.24) is 10.2 Å². The molecule has 2 aromatic carbocycles. The van der Waals surface area contributed by atoms with Crippen LogP contribution in [-0.4, -0.2) is 52.0 Å². The maximum atomic E-state index is 12.5. The Hall–Kier alpha value is -2.29. The predicted molar refractivity (Wildman–Crippen MR) is 113 cm³/mol. The molecular formula is C20H24ClN3O4S. The first-order valence-corrected chi connectivity index (χ1v) is 11.2. The van der Waals surface area contributed by atoms with Gasteiger partial charge in [-0.1, -0.05) is 29.8 Å². The van der Waals surface area contributed by atoms with E-state index in [1.165, 1.54) is 18.2 Å². The monoisotopic (exact) mass is 437 g/mol. The third-order valence-corrected chi connectivity index (χ3v) is 6.36. The number of carbonyl (C=O) groups excluding carboxylic acids is 1. The van der Waals surface area contributed by atoms with Crippen LogP contribution in [-0.2, 0) is 14.8 Å². The summed E-state index contributed by atoms with van der Waals surface area (Å²) in [5.74, 6) is 0.0296. The lowest BCUT2D eigenvalue weighted by molar-refractivity contribution is -0.124. The van der Waals surface area contributed by atoms with Crippen molar-refractivity contribution >= 4 is 33.2 Å². The molecule has 1 amide bonds. The van der Waals surface area contributed by atoms with Gasteiger partial charge in [0.2, 0.25) is 0 Å². The molecule has 7 nitrogen and oxygen atoms in total. The number of hydrogen-bond acceptors (Lipinski definition) is 5. The molecule has 29 heavy (non-hydrogen) atoms. The number of hydrogen-bond donors (Lipinski definition) is 2. The van der Waals surface area contributed by atoms with Crippen LogP contribution >= 0.6 is 11.6 Å². The number of para-hydroxylation sites is 1. The third-order valence-electron chi connectivity index (χ3n) is 4.68. The van der Waals surface area contributed by atoms with Gasteiger partial charge < -0.3 is 15.0 Å². The van der Waals surface area contributed by atoms with Crippen LogP contribution in [0.5, 0.6) is 5.75 Å². The van der Waals surface area contributed by atoms with E-state index in [0.717, 1.165) is 25.9 Å². The van der Waals surface area contributed by atoms with Gasteiger partial charge in [-0.05, 0) is 63.3 Å². The number of amides is 1. The Morgan fingerprint density at radius 3 is 2.52 bits per heavy atom. The van der Waals surface area contributed by atoms with Gasteiger partial charge in [0.15, 0.2) is 6.61 Å². The third kappa shape index (κ3) is 6.09. The number of rotatable bonds is 7. The summed E-state index contributed by atoms with van der Waals surface area (Å²) < 4.78 is 33.0. The fourth-order valence-corrected chi connectivity index (χ4v) is 4.44. The Kier molecular flexibility index (Phi) is 7.00. The molecule has 1 heterocycles. The van der Waals surface area contributed by atoms with Gasteiger partial charge in [-0.25, -0.2) is 8.42 Å². The first-order valence-electron chi connectivity index (χ1n) is 9.31. The van der Waals surface area contributed by atoms with Crippen molar-refractivity contribution in [3.63, 3.8) is 0 Å². The lowest BCUT2D eigenvalue weighted by Gasteiger charge is -2.29. The molecule has 2 aromatic rings. The minimum atomic E-state index is -3.78. The number of benzene rings is 2. The van der Waals surface area contributed by atoms with E-state index in [9.17, 15) is 13.2 Å². The van der Waals surface area contributed by atoms with Gasteiger partial charge in [0, 0.05) is 11.7 Å². The second-order valence-electron chi connectivity index (χ2n) is 7.00. The zero-order chi connectivity index (χ0) is 20.9. The summed E-state index contributed by atoms with van der Waals surface area (Å²) in [5.41, 5.74) is 0.453. The summed E-state index contributed by atoms with van der Waals surface area (Å²) in [7, 11) is -1.72. The lowest BCUT2D eigenvalue weighted by atomic mass is 10.1. The molecule has 0 unspecified atom stereocenters. The Balaban J connectivity index is 1.57. The van der Waals surface area contributed by atoms with Crippen LogP contribution in [0.25, 0.3) is 0 Å². The molecule has 0 aliphatic carbocycles. The summed E-state index contributed by atoms with van der Waals surface area (Å²) in [6.07, 6.45) is 1.81. The number of nitrogens with zero attached hydrogens (tertiary/aromatic N) is 1. The van der Waals surface area contributed by atoms with Crippen LogP contribution in [0.2, 0.25) is 5.02 Å². The van der Waals surface area contributed by atoms with Crippen LogP contribution in [0, 0.1) is 0 Å². The Labute approximate surface area is 176 Å². The van der Waals surface area contributed by atoms with Crippen molar-refractivity contribution in [2.24, 2.45) is 0 Å². The van der Waals surface area contributed by atoms with Gasteiger partial charge >= 0.3 is 0 Å². The molecule has 0 saturated carbocycles. The van der Waals surface area contributed by atoms with Crippen molar-refractivity contribution in [3.8, 4) is 5.75 Å². The Morgan fingerprint density at radius 1 is 1.17 bits per heavy atom. The molecule has 0 aromatic heterocycles. The van der Waals surface area contributed by atoms with E-state index in [4.69, 9.17) is 16.3 Å². The van der Waals surface area contributed by atoms with Crippen LogP contribution < -0.4 is 14.8 Å². The molecule has 0 radical (unpaired) electrons. The summed E-state index contributed by atoms with van der Waals surface area (Å²) in [5, 5.41) is 3.07. The molecule has 3 rings (SSSR count). The molecule has 2 N–H and O–H groups in total. The van der Waals surface area contributed by atoms with Crippen molar-refractivity contribution in [2.45, 2.75) is 23.8 Å². The Morgan fingerprint density at radius 2 is 1.86 bits per heavy atom. The number of carbonyl (C=O) groups is 1. The van der Waals surface area contributed by atoms with Gasteiger partial charge in [0.1, 0.15) is 5.75 Å². The quantitative estimate of drug-likeness (QED) is 0.695. The molecule has 1 aliphatic rings. The zero-order valence-corrected chi connectivity index (χ0v) is 17.7. The smallest absolute Gasteiger partial charge is 0.261 e. The van der Waals surface area contributed by atoms with E-state index >= 15 is 0 Å². The minimum absolute atomic E-state index is 0.00878. The number of anilines is 1. The van der Waals surface area contributed by atoms with Crippen LogP contribution in [0.15, 0.2) is 53.4 Å². The van der Waals surface area contributed by atoms with Gasteiger partial charge in [-0.2, -0.15) is 0 Å². The first-order chi connectivity index (χ1) is 13.8. The predicted octanol–water partition coefficient (Wildman–Crippen LogP) is 2.73. The van der Waals surface area contributed by atoms with Gasteiger partial charge in [-0.15, -0.1) is 0 Å². The maximum Gasteiger partial charge on any atom is 0.261 e. The molecule has 1 saturated heterocycles. The van der Waals surface area contributed by atoms with Crippen molar-refractivity contribution in [3.05, 3.63) is 53.6 Å². The lowest BCUT2D eigenvalue weighted by Crippen LogP contribution is -2.44. The highest BCUT2D eigenvalue weighted by Gasteiger charge is 2.20. The van der Waals surface area contributed by atoms with Crippen LogP contribution in [0.3, 0.4) is 0 Å². The average molecular weight is 438 g/mol. The highest BCUT2D eigenvalue weighted by molar-refractivity contribution is 7.92. The van der Waals surface area contributed by atoms with E-state index < -0.39 is 10.0 Å². The second kappa shape index (κ2) is 9.47. The van der Waals surface area contributed by atoms with E-state index in [2.05, 4.69) is 22.0 Å². The fourth-order valence-electron chi connectivity index (χ4n) is 3.05. The largest absolute Gasteiger partial charge is 0.482 e. The number of halogens is 1. The van der Waals surface area contributed by atoms with Crippen molar-refractivity contribution < 1.29 is 17.9 Å². The van der Waals surface area contributed by atoms with E-state index in [1.54, 1.807) is 30.3 Å². The van der Waals surface area contributed by atoms with Crippen molar-refractivity contribution in [1.29, 1.82) is 0 Å². The molecule has 1 aliphatic heterocycles. The fraction of sp³-hybridized carbons (Fsp3) is 0.350. The van der Waals surface area contributed by atoms with Gasteiger partial charge in [-0.3, -0.25) is 9.52 Å². The zero-order valence-electron chi connectivity index (χ0n) is 16.1. The molecule has 0 bridgehead atoms. The van der Waals surface area contributed by atoms with Crippen molar-refractivity contribution in [2.75, 3.05) is 31.5 Å². The van der Waals surface area contributed by atoms with Gasteiger partial charge in [0.25, 0.3) is 15.9 Å². The molecule has 1 fully saturated rings. The number of piperidine rings is 1. The molecule has 0 atom stereocenters. The summed E-state index contributed by atoms with van der Waals surface area (Å²) in [4.78, 5) is 14.3. The molecule has 0 spiro atoms. The number of ether oxygens (including phenoxy) is 1. The Bertz CT molecular complexity index is 945. The molecular weight excluding hydrogens is 414 g/mol. The van der Waals surface area contributed by atoms with E-state index in [-0.39, 0.29) is 34.2 Å². The van der Waals surface area contributed by atoms with E-state index in [0.29, 0.717) is 5.69 Å². The topological polar surface area (TPSA) is 87.7 Å². The maximum absolute atomic E-state index is 12.5. The highest BCUT2D eigenvalue weighted by Crippen LogP contribution is 2.28. The SMILES string of the molecule is CN1CCC(NC(=O)COc2ccc(S(=O)(=O)Nc3ccccc3)cc2Cl)CC1. The first kappa shape index (κ1) is 21.4. The normalized spacial score (nSPS) is 15.7. The second-order valence-corrected chi connectivity index (χ2v) is 9.09. The van der Waals surface area contributed by atoms with E-state index in [1.807, 2.05) is 0 Å². The van der Waals surface area contributed by atoms with Crippen LogP contribution in [0.1, 0.15) is 12.8 Å². The molecule has 156 valence electrons. The number of nitrogens with one attached hydrogen (secondary N) is 2. The summed E-state index contributed by atoms with van der Waals surface area (Å²) in [6.45, 7) is 1.72. The standard InChI is InChI=1S/C20H24ClN3O4S/c1-24-11-9-15(10-12-24)22-20(25)14-28-19-8-7-17(13-18(19)21)29(26,27)23-16-5-3-2-4-6-16/h2-8,13,15,23H,9-12,14H2,1H3,(H,22,25). The van der Waals surface area contributed by atoms with Crippen LogP contribution in [0.4, 0.5) is 5.69 Å². The summed E-state index contributed by atoms with van der Waals surface area (Å²) >= 11 is 6.18. The average Bonchev–Trinajstić information content (AvgIpc) is 2.69. The minimum Gasteiger partial charge on any atom is -0.482 e. The van der Waals surface area contributed by atoms with Gasteiger partial charge in [0.05, 0.1) is 9.92 Å². The highest BCUT2D eigenvalue weighted by atomic mass is 35.5. The number of likely N-dealkylation sites (tertiary alicyclic amines) is 1. The molecule has 9 heteroatoms.